The maximum Gasteiger partial charge on any atom is 0.317 e. The minimum atomic E-state index is -0.965. The van der Waals surface area contributed by atoms with Crippen molar-refractivity contribution in [3.05, 3.63) is 12.7 Å². The topological polar surface area (TPSA) is 89.9 Å². The van der Waals surface area contributed by atoms with Gasteiger partial charge in [0, 0.05) is 19.6 Å². The highest BCUT2D eigenvalue weighted by molar-refractivity contribution is 5.75. The molecule has 0 rings (SSSR count). The van der Waals surface area contributed by atoms with Crippen LogP contribution in [0.25, 0.3) is 0 Å². The first-order valence-electron chi connectivity index (χ1n) is 4.58. The summed E-state index contributed by atoms with van der Waals surface area (Å²) in [5, 5.41) is 19.5. The number of amides is 2. The standard InChI is InChI=1S/C9H16N2O4/c1-2-5-11(6-7-12)9(15)10-4-3-8(13)14/h2,12H,1,3-7H2,(H,10,15)(H,13,14). The molecule has 0 aromatic rings. The molecule has 6 nitrogen and oxygen atoms in total. The number of urea groups is 1. The molecule has 0 aliphatic heterocycles. The molecule has 0 aromatic carbocycles. The van der Waals surface area contributed by atoms with Crippen molar-refractivity contribution in [1.29, 1.82) is 0 Å². The van der Waals surface area contributed by atoms with Gasteiger partial charge < -0.3 is 20.4 Å². The summed E-state index contributed by atoms with van der Waals surface area (Å²) in [4.78, 5) is 22.9. The Kier molecular flexibility index (Phi) is 7.00. The first-order valence-corrected chi connectivity index (χ1v) is 4.58. The Labute approximate surface area is 88.2 Å². The maximum absolute atomic E-state index is 11.4. The number of hydrogen-bond acceptors (Lipinski definition) is 3. The molecular weight excluding hydrogens is 200 g/mol. The van der Waals surface area contributed by atoms with E-state index in [1.807, 2.05) is 0 Å². The molecule has 0 aromatic heterocycles. The van der Waals surface area contributed by atoms with E-state index in [9.17, 15) is 9.59 Å². The van der Waals surface area contributed by atoms with E-state index in [-0.39, 0.29) is 26.1 Å². The highest BCUT2D eigenvalue weighted by Crippen LogP contribution is 1.90. The third-order valence-corrected chi connectivity index (χ3v) is 1.62. The summed E-state index contributed by atoms with van der Waals surface area (Å²) >= 11 is 0. The second kappa shape index (κ2) is 7.81. The molecule has 0 aliphatic rings. The number of carbonyl (C=O) groups is 2. The Bertz CT molecular complexity index is 230. The number of aliphatic hydroxyl groups excluding tert-OH is 1. The zero-order valence-electron chi connectivity index (χ0n) is 8.48. The average Bonchev–Trinajstić information content (AvgIpc) is 2.16. The van der Waals surface area contributed by atoms with E-state index in [4.69, 9.17) is 10.2 Å². The summed E-state index contributed by atoms with van der Waals surface area (Å²) in [6.07, 6.45) is 1.42. The van der Waals surface area contributed by atoms with E-state index in [1.54, 1.807) is 0 Å². The fourth-order valence-electron chi connectivity index (χ4n) is 0.940. The van der Waals surface area contributed by atoms with Crippen LogP contribution in [-0.4, -0.2) is 53.4 Å². The van der Waals surface area contributed by atoms with Gasteiger partial charge in [0.15, 0.2) is 0 Å². The van der Waals surface area contributed by atoms with Crippen LogP contribution in [0.3, 0.4) is 0 Å². The number of carbonyl (C=O) groups excluding carboxylic acids is 1. The molecule has 0 fully saturated rings. The van der Waals surface area contributed by atoms with E-state index < -0.39 is 12.0 Å². The van der Waals surface area contributed by atoms with Crippen LogP contribution in [0.4, 0.5) is 4.79 Å². The van der Waals surface area contributed by atoms with Crippen LogP contribution in [0.1, 0.15) is 6.42 Å². The molecule has 6 heteroatoms. The van der Waals surface area contributed by atoms with Gasteiger partial charge in [-0.15, -0.1) is 6.58 Å². The Morgan fingerprint density at radius 3 is 2.60 bits per heavy atom. The fourth-order valence-corrected chi connectivity index (χ4v) is 0.940. The summed E-state index contributed by atoms with van der Waals surface area (Å²) < 4.78 is 0. The lowest BCUT2D eigenvalue weighted by molar-refractivity contribution is -0.136. The molecule has 2 amide bonds. The van der Waals surface area contributed by atoms with Gasteiger partial charge in [-0.05, 0) is 0 Å². The van der Waals surface area contributed by atoms with Gasteiger partial charge >= 0.3 is 12.0 Å². The lowest BCUT2D eigenvalue weighted by Crippen LogP contribution is -2.42. The molecule has 15 heavy (non-hydrogen) atoms. The number of nitrogens with one attached hydrogen (secondary N) is 1. The van der Waals surface area contributed by atoms with Gasteiger partial charge in [-0.3, -0.25) is 4.79 Å². The molecule has 0 saturated carbocycles. The molecule has 0 aliphatic carbocycles. The SMILES string of the molecule is C=CCN(CCO)C(=O)NCCC(=O)O. The van der Waals surface area contributed by atoms with Crippen LogP contribution >= 0.6 is 0 Å². The highest BCUT2D eigenvalue weighted by Gasteiger charge is 2.10. The number of aliphatic carboxylic acids is 1. The van der Waals surface area contributed by atoms with E-state index in [0.29, 0.717) is 6.54 Å². The second-order valence-electron chi connectivity index (χ2n) is 2.83. The molecule has 0 atom stereocenters. The van der Waals surface area contributed by atoms with Crippen molar-refractivity contribution in [1.82, 2.24) is 10.2 Å². The quantitative estimate of drug-likeness (QED) is 0.507. The van der Waals surface area contributed by atoms with E-state index in [0.717, 1.165) is 0 Å². The molecule has 0 heterocycles. The number of hydrogen-bond donors (Lipinski definition) is 3. The van der Waals surface area contributed by atoms with E-state index >= 15 is 0 Å². The Balaban J connectivity index is 3.90. The normalized spacial score (nSPS) is 9.40. The van der Waals surface area contributed by atoms with Crippen molar-refractivity contribution in [2.24, 2.45) is 0 Å². The summed E-state index contributed by atoms with van der Waals surface area (Å²) in [6, 6.07) is -0.398. The van der Waals surface area contributed by atoms with Gasteiger partial charge in [0.05, 0.1) is 13.0 Å². The number of rotatable bonds is 7. The third-order valence-electron chi connectivity index (χ3n) is 1.62. The van der Waals surface area contributed by atoms with E-state index in [1.165, 1.54) is 11.0 Å². The molecule has 86 valence electrons. The second-order valence-corrected chi connectivity index (χ2v) is 2.83. The third kappa shape index (κ3) is 6.50. The summed E-state index contributed by atoms with van der Waals surface area (Å²) in [7, 11) is 0. The van der Waals surface area contributed by atoms with Crippen LogP contribution < -0.4 is 5.32 Å². The first-order chi connectivity index (χ1) is 7.11. The van der Waals surface area contributed by atoms with Crippen LogP contribution in [0.5, 0.6) is 0 Å². The van der Waals surface area contributed by atoms with E-state index in [2.05, 4.69) is 11.9 Å². The zero-order valence-corrected chi connectivity index (χ0v) is 8.48. The lowest BCUT2D eigenvalue weighted by Gasteiger charge is -2.20. The predicted octanol–water partition coefficient (Wildman–Crippen LogP) is -0.349. The molecule has 0 saturated heterocycles. The summed E-state index contributed by atoms with van der Waals surface area (Å²) in [5.74, 6) is -0.965. The maximum atomic E-state index is 11.4. The van der Waals surface area contributed by atoms with Gasteiger partial charge in [0.25, 0.3) is 0 Å². The van der Waals surface area contributed by atoms with Crippen molar-refractivity contribution < 1.29 is 19.8 Å². The van der Waals surface area contributed by atoms with Crippen molar-refractivity contribution in [3.8, 4) is 0 Å². The first kappa shape index (κ1) is 13.4. The molecule has 0 spiro atoms. The van der Waals surface area contributed by atoms with Crippen LogP contribution in [0, 0.1) is 0 Å². The molecule has 0 unspecified atom stereocenters. The molecule has 0 radical (unpaired) electrons. The molecular formula is C9H16N2O4. The van der Waals surface area contributed by atoms with Crippen LogP contribution in [0.2, 0.25) is 0 Å². The van der Waals surface area contributed by atoms with Gasteiger partial charge in [-0.25, -0.2) is 4.79 Å². The number of carboxylic acid groups (broad SMARTS) is 1. The Hall–Kier alpha value is -1.56. The largest absolute Gasteiger partial charge is 0.481 e. The fraction of sp³-hybridized carbons (Fsp3) is 0.556. The van der Waals surface area contributed by atoms with Crippen molar-refractivity contribution >= 4 is 12.0 Å². The van der Waals surface area contributed by atoms with Crippen molar-refractivity contribution in [2.45, 2.75) is 6.42 Å². The number of nitrogens with zero attached hydrogens (tertiary/aromatic N) is 1. The lowest BCUT2D eigenvalue weighted by atomic mass is 10.4. The van der Waals surface area contributed by atoms with Crippen molar-refractivity contribution in [2.75, 3.05) is 26.2 Å². The number of aliphatic hydroxyl groups is 1. The minimum absolute atomic E-state index is 0.0766. The van der Waals surface area contributed by atoms with Crippen LogP contribution in [-0.2, 0) is 4.79 Å². The Morgan fingerprint density at radius 2 is 2.13 bits per heavy atom. The minimum Gasteiger partial charge on any atom is -0.481 e. The molecule has 3 N–H and O–H groups in total. The monoisotopic (exact) mass is 216 g/mol. The summed E-state index contributed by atoms with van der Waals surface area (Å²) in [6.45, 7) is 3.93. The smallest absolute Gasteiger partial charge is 0.317 e. The van der Waals surface area contributed by atoms with Gasteiger partial charge in [-0.1, -0.05) is 6.08 Å². The Morgan fingerprint density at radius 1 is 1.47 bits per heavy atom. The highest BCUT2D eigenvalue weighted by atomic mass is 16.4. The summed E-state index contributed by atoms with van der Waals surface area (Å²) in [5.41, 5.74) is 0. The van der Waals surface area contributed by atoms with Gasteiger partial charge in [-0.2, -0.15) is 0 Å². The van der Waals surface area contributed by atoms with Crippen molar-refractivity contribution in [3.63, 3.8) is 0 Å². The average molecular weight is 216 g/mol. The van der Waals surface area contributed by atoms with Gasteiger partial charge in [0.2, 0.25) is 0 Å². The predicted molar refractivity (Wildman–Crippen MR) is 54.5 cm³/mol. The van der Waals surface area contributed by atoms with Crippen LogP contribution in [0.15, 0.2) is 12.7 Å². The number of carboxylic acids is 1. The van der Waals surface area contributed by atoms with Gasteiger partial charge in [0.1, 0.15) is 0 Å². The molecule has 0 bridgehead atoms. The zero-order chi connectivity index (χ0) is 11.7.